The Morgan fingerprint density at radius 3 is 2.50 bits per heavy atom. The van der Waals surface area contributed by atoms with Crippen LogP contribution in [-0.4, -0.2) is 29.4 Å². The Morgan fingerprint density at radius 1 is 1.33 bits per heavy atom. The zero-order valence-corrected chi connectivity index (χ0v) is 10.6. The van der Waals surface area contributed by atoms with Gasteiger partial charge < -0.3 is 10.6 Å². The molecule has 0 aliphatic heterocycles. The summed E-state index contributed by atoms with van der Waals surface area (Å²) in [5.74, 6) is -0.613. The van der Waals surface area contributed by atoms with Gasteiger partial charge in [0.1, 0.15) is 11.4 Å². The van der Waals surface area contributed by atoms with Crippen molar-refractivity contribution in [2.24, 2.45) is 0 Å². The molecule has 1 aromatic rings. The molecular formula is C13H17N3O2. The lowest BCUT2D eigenvalue weighted by atomic mass is 10.2. The number of carbonyl (C=O) groups excluding carboxylic acids is 2. The molecule has 0 unspecified atom stereocenters. The molecule has 2 N–H and O–H groups in total. The number of amides is 2. The summed E-state index contributed by atoms with van der Waals surface area (Å²) in [5.41, 5.74) is 0.447. The van der Waals surface area contributed by atoms with Crippen LogP contribution in [0.2, 0.25) is 0 Å². The molecule has 5 heteroatoms. The van der Waals surface area contributed by atoms with E-state index in [9.17, 15) is 9.59 Å². The molecule has 96 valence electrons. The second-order valence-electron chi connectivity index (χ2n) is 4.03. The van der Waals surface area contributed by atoms with E-state index in [1.165, 1.54) is 0 Å². The molecule has 0 aliphatic rings. The van der Waals surface area contributed by atoms with Crippen LogP contribution in [0.1, 0.15) is 34.8 Å². The number of aromatic nitrogens is 1. The third-order valence-corrected chi connectivity index (χ3v) is 2.04. The maximum atomic E-state index is 11.7. The SMILES string of the molecule is C=CCNC(=O)c1cccc(C(=O)NC(C)C)n1. The summed E-state index contributed by atoms with van der Waals surface area (Å²) in [4.78, 5) is 27.4. The van der Waals surface area contributed by atoms with E-state index in [-0.39, 0.29) is 29.2 Å². The van der Waals surface area contributed by atoms with E-state index >= 15 is 0 Å². The first kappa shape index (κ1) is 13.9. The molecule has 0 aliphatic carbocycles. The molecule has 18 heavy (non-hydrogen) atoms. The number of nitrogens with zero attached hydrogens (tertiary/aromatic N) is 1. The zero-order chi connectivity index (χ0) is 13.5. The fourth-order valence-electron chi connectivity index (χ4n) is 1.28. The molecular weight excluding hydrogens is 230 g/mol. The highest BCUT2D eigenvalue weighted by atomic mass is 16.2. The van der Waals surface area contributed by atoms with E-state index < -0.39 is 0 Å². The Morgan fingerprint density at radius 2 is 1.94 bits per heavy atom. The quantitative estimate of drug-likeness (QED) is 0.766. The van der Waals surface area contributed by atoms with Crippen LogP contribution in [0.25, 0.3) is 0 Å². The van der Waals surface area contributed by atoms with Gasteiger partial charge in [-0.25, -0.2) is 4.98 Å². The highest BCUT2D eigenvalue weighted by molar-refractivity contribution is 5.96. The van der Waals surface area contributed by atoms with Gasteiger partial charge in [0.25, 0.3) is 11.8 Å². The van der Waals surface area contributed by atoms with Gasteiger partial charge in [-0.1, -0.05) is 12.1 Å². The van der Waals surface area contributed by atoms with Crippen LogP contribution in [0.3, 0.4) is 0 Å². The second-order valence-corrected chi connectivity index (χ2v) is 4.03. The van der Waals surface area contributed by atoms with Gasteiger partial charge >= 0.3 is 0 Å². The van der Waals surface area contributed by atoms with E-state index in [0.717, 1.165) is 0 Å². The number of hydrogen-bond donors (Lipinski definition) is 2. The lowest BCUT2D eigenvalue weighted by Crippen LogP contribution is -2.31. The van der Waals surface area contributed by atoms with Crippen LogP contribution >= 0.6 is 0 Å². The monoisotopic (exact) mass is 247 g/mol. The number of nitrogens with one attached hydrogen (secondary N) is 2. The average molecular weight is 247 g/mol. The summed E-state index contributed by atoms with van der Waals surface area (Å²) >= 11 is 0. The molecule has 5 nitrogen and oxygen atoms in total. The highest BCUT2D eigenvalue weighted by Gasteiger charge is 2.12. The van der Waals surface area contributed by atoms with Crippen molar-refractivity contribution < 1.29 is 9.59 Å². The molecule has 0 bridgehead atoms. The second kappa shape index (κ2) is 6.54. The summed E-state index contributed by atoms with van der Waals surface area (Å²) in [7, 11) is 0. The fraction of sp³-hybridized carbons (Fsp3) is 0.308. The highest BCUT2D eigenvalue weighted by Crippen LogP contribution is 2.00. The molecule has 0 fully saturated rings. The Kier molecular flexibility index (Phi) is 5.05. The summed E-state index contributed by atoms with van der Waals surface area (Å²) in [5, 5.41) is 5.32. The third kappa shape index (κ3) is 4.01. The predicted octanol–water partition coefficient (Wildman–Crippen LogP) is 1.14. The Labute approximate surface area is 106 Å². The van der Waals surface area contributed by atoms with Crippen LogP contribution in [-0.2, 0) is 0 Å². The van der Waals surface area contributed by atoms with Gasteiger partial charge in [-0.05, 0) is 26.0 Å². The topological polar surface area (TPSA) is 71.1 Å². The van der Waals surface area contributed by atoms with Crippen molar-refractivity contribution in [1.29, 1.82) is 0 Å². The molecule has 1 aromatic heterocycles. The van der Waals surface area contributed by atoms with Crippen LogP contribution in [0.5, 0.6) is 0 Å². The first-order valence-electron chi connectivity index (χ1n) is 5.71. The summed E-state index contributed by atoms with van der Waals surface area (Å²) < 4.78 is 0. The first-order valence-corrected chi connectivity index (χ1v) is 5.71. The predicted molar refractivity (Wildman–Crippen MR) is 69.4 cm³/mol. The van der Waals surface area contributed by atoms with Crippen molar-refractivity contribution in [2.75, 3.05) is 6.54 Å². The van der Waals surface area contributed by atoms with Crippen LogP contribution in [0.4, 0.5) is 0 Å². The van der Waals surface area contributed by atoms with Crippen LogP contribution in [0.15, 0.2) is 30.9 Å². The molecule has 1 rings (SSSR count). The lowest BCUT2D eigenvalue weighted by Gasteiger charge is -2.08. The van der Waals surface area contributed by atoms with Crippen molar-refractivity contribution in [2.45, 2.75) is 19.9 Å². The number of rotatable bonds is 5. The normalized spacial score (nSPS) is 9.94. The van der Waals surface area contributed by atoms with Gasteiger partial charge in [0.2, 0.25) is 0 Å². The molecule has 0 saturated carbocycles. The van der Waals surface area contributed by atoms with Gasteiger partial charge in [-0.2, -0.15) is 0 Å². The Hall–Kier alpha value is -2.17. The van der Waals surface area contributed by atoms with Crippen molar-refractivity contribution in [3.8, 4) is 0 Å². The Bertz CT molecular complexity index is 455. The minimum atomic E-state index is -0.325. The van der Waals surface area contributed by atoms with Crippen molar-refractivity contribution in [3.63, 3.8) is 0 Å². The van der Waals surface area contributed by atoms with E-state index in [4.69, 9.17) is 0 Å². The molecule has 0 atom stereocenters. The van der Waals surface area contributed by atoms with E-state index in [1.807, 2.05) is 13.8 Å². The summed E-state index contributed by atoms with van der Waals surface area (Å²) in [6.45, 7) is 7.59. The van der Waals surface area contributed by atoms with Crippen LogP contribution in [0, 0.1) is 0 Å². The average Bonchev–Trinajstić information content (AvgIpc) is 2.35. The van der Waals surface area contributed by atoms with Gasteiger partial charge in [-0.3, -0.25) is 9.59 Å². The minimum absolute atomic E-state index is 0.0255. The van der Waals surface area contributed by atoms with Gasteiger partial charge in [-0.15, -0.1) is 6.58 Å². The molecule has 0 saturated heterocycles. The number of pyridine rings is 1. The van der Waals surface area contributed by atoms with E-state index in [0.29, 0.717) is 6.54 Å². The first-order chi connectivity index (χ1) is 8.54. The smallest absolute Gasteiger partial charge is 0.270 e. The minimum Gasteiger partial charge on any atom is -0.349 e. The standard InChI is InChI=1S/C13H17N3O2/c1-4-8-14-12(17)10-6-5-7-11(16-10)13(18)15-9(2)3/h4-7,9H,1,8H2,2-3H3,(H,14,17)(H,15,18). The zero-order valence-electron chi connectivity index (χ0n) is 10.6. The number of hydrogen-bond acceptors (Lipinski definition) is 3. The maximum Gasteiger partial charge on any atom is 0.270 e. The van der Waals surface area contributed by atoms with Gasteiger partial charge in [0.05, 0.1) is 0 Å². The molecule has 0 radical (unpaired) electrons. The molecule has 0 spiro atoms. The van der Waals surface area contributed by atoms with Crippen LogP contribution < -0.4 is 10.6 Å². The van der Waals surface area contributed by atoms with Crippen molar-refractivity contribution in [3.05, 3.63) is 42.2 Å². The lowest BCUT2D eigenvalue weighted by molar-refractivity contribution is 0.0937. The summed E-state index contributed by atoms with van der Waals surface area (Å²) in [6.07, 6.45) is 1.58. The largest absolute Gasteiger partial charge is 0.349 e. The van der Waals surface area contributed by atoms with Gasteiger partial charge in [0.15, 0.2) is 0 Å². The van der Waals surface area contributed by atoms with E-state index in [2.05, 4.69) is 22.2 Å². The van der Waals surface area contributed by atoms with Gasteiger partial charge in [0, 0.05) is 12.6 Å². The molecule has 1 heterocycles. The third-order valence-electron chi connectivity index (χ3n) is 2.04. The summed E-state index contributed by atoms with van der Waals surface area (Å²) in [6, 6.07) is 4.79. The van der Waals surface area contributed by atoms with Crippen molar-refractivity contribution >= 4 is 11.8 Å². The van der Waals surface area contributed by atoms with Crippen molar-refractivity contribution in [1.82, 2.24) is 15.6 Å². The molecule has 0 aromatic carbocycles. The van der Waals surface area contributed by atoms with E-state index in [1.54, 1.807) is 24.3 Å². The Balaban J connectivity index is 2.81. The number of carbonyl (C=O) groups is 2. The maximum absolute atomic E-state index is 11.7. The fourth-order valence-corrected chi connectivity index (χ4v) is 1.28. The molecule has 2 amide bonds.